The lowest BCUT2D eigenvalue weighted by Gasteiger charge is -2.32. The monoisotopic (exact) mass is 316 g/mol. The summed E-state index contributed by atoms with van der Waals surface area (Å²) in [4.78, 5) is 6.88. The van der Waals surface area contributed by atoms with Crippen molar-refractivity contribution < 1.29 is 0 Å². The molecule has 1 aromatic carbocycles. The number of nitrogens with zero attached hydrogens (tertiary/aromatic N) is 2. The van der Waals surface area contributed by atoms with Crippen LogP contribution in [0.2, 0.25) is 0 Å². The Balaban J connectivity index is 1.61. The van der Waals surface area contributed by atoms with Gasteiger partial charge in [-0.2, -0.15) is 0 Å². The smallest absolute Gasteiger partial charge is 0.190 e. The zero-order valence-corrected chi connectivity index (χ0v) is 14.7. The van der Waals surface area contributed by atoms with E-state index >= 15 is 0 Å². The molecule has 0 amide bonds. The van der Waals surface area contributed by atoms with Gasteiger partial charge in [-0.25, -0.2) is 0 Å². The van der Waals surface area contributed by atoms with E-state index in [-0.39, 0.29) is 0 Å². The van der Waals surface area contributed by atoms with Crippen molar-refractivity contribution in [2.75, 3.05) is 39.8 Å². The molecular weight excluding hydrogens is 284 g/mol. The topological polar surface area (TPSA) is 39.7 Å². The van der Waals surface area contributed by atoms with Gasteiger partial charge in [0.05, 0.1) is 0 Å². The third-order valence-electron chi connectivity index (χ3n) is 4.61. The molecule has 0 spiro atoms. The summed E-state index contributed by atoms with van der Waals surface area (Å²) < 4.78 is 0. The molecule has 23 heavy (non-hydrogen) atoms. The average Bonchev–Trinajstić information content (AvgIpc) is 2.62. The summed E-state index contributed by atoms with van der Waals surface area (Å²) in [7, 11) is 1.85. The van der Waals surface area contributed by atoms with Gasteiger partial charge in [0.25, 0.3) is 0 Å². The van der Waals surface area contributed by atoms with E-state index in [1.807, 2.05) is 7.05 Å². The number of benzene rings is 1. The molecular formula is C19H32N4. The first-order chi connectivity index (χ1) is 11.3. The predicted molar refractivity (Wildman–Crippen MR) is 99.0 cm³/mol. The van der Waals surface area contributed by atoms with Crippen LogP contribution in [0.3, 0.4) is 0 Å². The fraction of sp³-hybridized carbons (Fsp3) is 0.632. The van der Waals surface area contributed by atoms with Gasteiger partial charge in [-0.15, -0.1) is 0 Å². The molecule has 1 unspecified atom stereocenters. The van der Waals surface area contributed by atoms with Crippen LogP contribution >= 0.6 is 0 Å². The lowest BCUT2D eigenvalue weighted by atomic mass is 9.98. The van der Waals surface area contributed by atoms with Crippen molar-refractivity contribution >= 4 is 5.96 Å². The van der Waals surface area contributed by atoms with Crippen LogP contribution in [0.5, 0.6) is 0 Å². The lowest BCUT2D eigenvalue weighted by Crippen LogP contribution is -2.44. The highest BCUT2D eigenvalue weighted by Crippen LogP contribution is 2.15. The summed E-state index contributed by atoms with van der Waals surface area (Å²) in [5.74, 6) is 1.68. The van der Waals surface area contributed by atoms with E-state index in [0.717, 1.165) is 37.8 Å². The summed E-state index contributed by atoms with van der Waals surface area (Å²) >= 11 is 0. The maximum Gasteiger partial charge on any atom is 0.190 e. The number of piperidine rings is 1. The zero-order chi connectivity index (χ0) is 16.3. The maximum atomic E-state index is 4.34. The molecule has 2 N–H and O–H groups in total. The lowest BCUT2D eigenvalue weighted by molar-refractivity contribution is 0.183. The number of nitrogens with one attached hydrogen (secondary N) is 2. The molecule has 4 heteroatoms. The van der Waals surface area contributed by atoms with Crippen LogP contribution in [-0.4, -0.2) is 50.6 Å². The second-order valence-corrected chi connectivity index (χ2v) is 6.37. The van der Waals surface area contributed by atoms with E-state index in [1.165, 1.54) is 38.0 Å². The molecule has 1 fully saturated rings. The SMILES string of the molecule is CCN1CCCC(CNC(=NC)NCCCc2ccccc2)C1. The van der Waals surface area contributed by atoms with E-state index in [4.69, 9.17) is 0 Å². The van der Waals surface area contributed by atoms with Crippen LogP contribution in [0, 0.1) is 5.92 Å². The third-order valence-corrected chi connectivity index (χ3v) is 4.61. The molecule has 1 saturated heterocycles. The standard InChI is InChI=1S/C19H32N4/c1-3-23-14-8-12-18(16-23)15-22-19(20-2)21-13-7-11-17-9-5-4-6-10-17/h4-6,9-10,18H,3,7-8,11-16H2,1-2H3,(H2,20,21,22). The van der Waals surface area contributed by atoms with Gasteiger partial charge in [0.15, 0.2) is 5.96 Å². The Bertz CT molecular complexity index is 458. The molecule has 128 valence electrons. The normalized spacial score (nSPS) is 19.6. The number of likely N-dealkylation sites (tertiary alicyclic amines) is 1. The Morgan fingerprint density at radius 2 is 2.09 bits per heavy atom. The molecule has 4 nitrogen and oxygen atoms in total. The molecule has 1 atom stereocenters. The number of hydrogen-bond acceptors (Lipinski definition) is 2. The second kappa shape index (κ2) is 10.3. The molecule has 0 radical (unpaired) electrons. The fourth-order valence-corrected chi connectivity index (χ4v) is 3.21. The number of guanidine groups is 1. The minimum absolute atomic E-state index is 0.742. The van der Waals surface area contributed by atoms with E-state index < -0.39 is 0 Å². The van der Waals surface area contributed by atoms with Gasteiger partial charge in [-0.05, 0) is 50.3 Å². The predicted octanol–water partition coefficient (Wildman–Crippen LogP) is 2.52. The van der Waals surface area contributed by atoms with E-state index in [1.54, 1.807) is 0 Å². The summed E-state index contributed by atoms with van der Waals surface area (Å²) in [5, 5.41) is 6.92. The van der Waals surface area contributed by atoms with Crippen molar-refractivity contribution in [2.24, 2.45) is 10.9 Å². The Labute approximate surface area is 141 Å². The highest BCUT2D eigenvalue weighted by molar-refractivity contribution is 5.79. The third kappa shape index (κ3) is 6.61. The highest BCUT2D eigenvalue weighted by Gasteiger charge is 2.18. The van der Waals surface area contributed by atoms with Crippen LogP contribution in [0.25, 0.3) is 0 Å². The van der Waals surface area contributed by atoms with Crippen LogP contribution < -0.4 is 10.6 Å². The van der Waals surface area contributed by atoms with Crippen molar-refractivity contribution in [1.82, 2.24) is 15.5 Å². The minimum Gasteiger partial charge on any atom is -0.356 e. The molecule has 1 aliphatic rings. The first-order valence-electron chi connectivity index (χ1n) is 9.02. The molecule has 0 saturated carbocycles. The largest absolute Gasteiger partial charge is 0.356 e. The number of rotatable bonds is 7. The maximum absolute atomic E-state index is 4.34. The number of hydrogen-bond donors (Lipinski definition) is 2. The second-order valence-electron chi connectivity index (χ2n) is 6.37. The van der Waals surface area contributed by atoms with Crippen molar-refractivity contribution in [3.05, 3.63) is 35.9 Å². The van der Waals surface area contributed by atoms with Gasteiger partial charge in [-0.3, -0.25) is 4.99 Å². The number of aryl methyl sites for hydroxylation is 1. The summed E-state index contributed by atoms with van der Waals surface area (Å²) in [6, 6.07) is 10.7. The molecule has 0 aliphatic carbocycles. The van der Waals surface area contributed by atoms with Crippen molar-refractivity contribution in [3.8, 4) is 0 Å². The van der Waals surface area contributed by atoms with E-state index in [9.17, 15) is 0 Å². The van der Waals surface area contributed by atoms with Crippen molar-refractivity contribution in [3.63, 3.8) is 0 Å². The van der Waals surface area contributed by atoms with Gasteiger partial charge >= 0.3 is 0 Å². The summed E-state index contributed by atoms with van der Waals surface area (Å²) in [6.45, 7) is 7.88. The Hall–Kier alpha value is -1.55. The minimum atomic E-state index is 0.742. The van der Waals surface area contributed by atoms with Crippen LogP contribution in [0.4, 0.5) is 0 Å². The van der Waals surface area contributed by atoms with Crippen LogP contribution in [0.1, 0.15) is 31.7 Å². The Morgan fingerprint density at radius 1 is 1.26 bits per heavy atom. The van der Waals surface area contributed by atoms with Crippen LogP contribution in [-0.2, 0) is 6.42 Å². The van der Waals surface area contributed by atoms with Gasteiger partial charge in [0, 0.05) is 26.7 Å². The molecule has 1 heterocycles. The first-order valence-corrected chi connectivity index (χ1v) is 9.02. The zero-order valence-electron chi connectivity index (χ0n) is 14.7. The Kier molecular flexibility index (Phi) is 7.95. The van der Waals surface area contributed by atoms with Gasteiger partial charge < -0.3 is 15.5 Å². The molecule has 0 bridgehead atoms. The molecule has 0 aromatic heterocycles. The molecule has 2 rings (SSSR count). The Morgan fingerprint density at radius 3 is 2.83 bits per heavy atom. The van der Waals surface area contributed by atoms with E-state index in [2.05, 4.69) is 57.8 Å². The quantitative estimate of drug-likeness (QED) is 0.461. The average molecular weight is 316 g/mol. The van der Waals surface area contributed by atoms with E-state index in [0.29, 0.717) is 0 Å². The first kappa shape index (κ1) is 17.8. The molecule has 1 aromatic rings. The fourth-order valence-electron chi connectivity index (χ4n) is 3.21. The molecule has 1 aliphatic heterocycles. The highest BCUT2D eigenvalue weighted by atomic mass is 15.2. The van der Waals surface area contributed by atoms with Gasteiger partial charge in [0.2, 0.25) is 0 Å². The van der Waals surface area contributed by atoms with Crippen molar-refractivity contribution in [2.45, 2.75) is 32.6 Å². The van der Waals surface area contributed by atoms with Crippen molar-refractivity contribution in [1.29, 1.82) is 0 Å². The van der Waals surface area contributed by atoms with Gasteiger partial charge in [-0.1, -0.05) is 37.3 Å². The van der Waals surface area contributed by atoms with Gasteiger partial charge in [0.1, 0.15) is 0 Å². The summed E-state index contributed by atoms with van der Waals surface area (Å²) in [6.07, 6.45) is 4.88. The van der Waals surface area contributed by atoms with Crippen LogP contribution in [0.15, 0.2) is 35.3 Å². The number of aliphatic imine (C=N–C) groups is 1. The summed E-state index contributed by atoms with van der Waals surface area (Å²) in [5.41, 5.74) is 1.40.